The number of azo groups is 1. The fraction of sp³-hybridized carbons (Fsp3) is 0. The van der Waals surface area contributed by atoms with Crippen molar-refractivity contribution >= 4 is 42.4 Å². The van der Waals surface area contributed by atoms with Gasteiger partial charge in [0.15, 0.2) is 0 Å². The van der Waals surface area contributed by atoms with E-state index in [0.717, 1.165) is 0 Å². The molecule has 2 N–H and O–H groups in total. The minimum Gasteiger partial charge on any atom is -0.282 e. The van der Waals surface area contributed by atoms with Crippen molar-refractivity contribution in [3.05, 3.63) is 60.7 Å². The van der Waals surface area contributed by atoms with Crippen molar-refractivity contribution in [3.8, 4) is 0 Å². The van der Waals surface area contributed by atoms with Crippen LogP contribution in [0.2, 0.25) is 0 Å². The maximum atomic E-state index is 11.3. The summed E-state index contributed by atoms with van der Waals surface area (Å²) in [6, 6.07) is 14.3. The van der Waals surface area contributed by atoms with Gasteiger partial charge in [-0.05, 0) is 47.9 Å². The molecule has 0 aromatic heterocycles. The number of hydrogen-bond donors (Lipinski definition) is 2. The average molecular weight is 392 g/mol. The summed E-state index contributed by atoms with van der Waals surface area (Å²) in [5.41, 5.74) is 0.701. The van der Waals surface area contributed by atoms with E-state index in [1.807, 2.05) is 0 Å². The number of nitrogens with zero attached hydrogens (tertiary/aromatic N) is 2. The molecule has 0 saturated carbocycles. The highest BCUT2D eigenvalue weighted by Crippen LogP contribution is 2.30. The Balaban J connectivity index is 2.01. The maximum Gasteiger partial charge on any atom is 0.294 e. The van der Waals surface area contributed by atoms with Crippen LogP contribution in [0.3, 0.4) is 0 Å². The molecule has 0 atom stereocenters. The van der Waals surface area contributed by atoms with Crippen molar-refractivity contribution in [1.82, 2.24) is 0 Å². The van der Waals surface area contributed by atoms with Gasteiger partial charge in [-0.1, -0.05) is 18.2 Å². The van der Waals surface area contributed by atoms with Gasteiger partial charge in [0.2, 0.25) is 0 Å². The Kier molecular flexibility index (Phi) is 4.59. The van der Waals surface area contributed by atoms with Gasteiger partial charge in [-0.25, -0.2) is 0 Å². The third-order valence-corrected chi connectivity index (χ3v) is 5.25. The van der Waals surface area contributed by atoms with E-state index < -0.39 is 20.2 Å². The molecule has 0 unspecified atom stereocenters. The first-order chi connectivity index (χ1) is 12.1. The molecule has 8 nitrogen and oxygen atoms in total. The molecule has 0 aliphatic rings. The first-order valence-electron chi connectivity index (χ1n) is 7.14. The summed E-state index contributed by atoms with van der Waals surface area (Å²) in [6.45, 7) is 0. The van der Waals surface area contributed by atoms with Gasteiger partial charge < -0.3 is 0 Å². The van der Waals surface area contributed by atoms with Gasteiger partial charge in [0, 0.05) is 5.39 Å². The largest absolute Gasteiger partial charge is 0.294 e. The van der Waals surface area contributed by atoms with E-state index in [1.165, 1.54) is 36.4 Å². The zero-order valence-electron chi connectivity index (χ0n) is 13.0. The van der Waals surface area contributed by atoms with Gasteiger partial charge >= 0.3 is 0 Å². The zero-order chi connectivity index (χ0) is 18.9. The van der Waals surface area contributed by atoms with Crippen molar-refractivity contribution in [2.75, 3.05) is 0 Å². The molecule has 0 fully saturated rings. The Bertz CT molecular complexity index is 1220. The zero-order valence-corrected chi connectivity index (χ0v) is 14.6. The molecule has 0 saturated heterocycles. The molecule has 26 heavy (non-hydrogen) atoms. The SMILES string of the molecule is O=S(=O)(O)c1ccc(N=Nc2cccc3ccc(S(=O)(=O)O)cc23)cc1. The highest BCUT2D eigenvalue weighted by Gasteiger charge is 2.11. The van der Waals surface area contributed by atoms with Gasteiger partial charge in [-0.15, -0.1) is 5.11 Å². The average Bonchev–Trinajstić information content (AvgIpc) is 2.58. The molecule has 0 heterocycles. The second kappa shape index (κ2) is 6.57. The van der Waals surface area contributed by atoms with Crippen molar-refractivity contribution < 1.29 is 25.9 Å². The Morgan fingerprint density at radius 3 is 1.92 bits per heavy atom. The molecule has 3 rings (SSSR count). The first-order valence-corrected chi connectivity index (χ1v) is 10.0. The molecule has 3 aromatic rings. The predicted molar refractivity (Wildman–Crippen MR) is 94.2 cm³/mol. The van der Waals surface area contributed by atoms with Crippen molar-refractivity contribution in [1.29, 1.82) is 0 Å². The Labute approximate surface area is 149 Å². The molecule has 10 heteroatoms. The highest BCUT2D eigenvalue weighted by atomic mass is 32.2. The van der Waals surface area contributed by atoms with Gasteiger partial charge in [0.05, 0.1) is 21.2 Å². The van der Waals surface area contributed by atoms with E-state index in [9.17, 15) is 21.4 Å². The van der Waals surface area contributed by atoms with Crippen LogP contribution in [0.4, 0.5) is 11.4 Å². The highest BCUT2D eigenvalue weighted by molar-refractivity contribution is 7.86. The number of hydrogen-bond acceptors (Lipinski definition) is 6. The molecule has 0 bridgehead atoms. The van der Waals surface area contributed by atoms with Crippen LogP contribution in [-0.4, -0.2) is 25.9 Å². The second-order valence-electron chi connectivity index (χ2n) is 5.30. The van der Waals surface area contributed by atoms with Crippen LogP contribution in [0.25, 0.3) is 10.8 Å². The van der Waals surface area contributed by atoms with E-state index in [0.29, 0.717) is 22.1 Å². The summed E-state index contributed by atoms with van der Waals surface area (Å²) in [4.78, 5) is -0.524. The van der Waals surface area contributed by atoms with Crippen molar-refractivity contribution in [3.63, 3.8) is 0 Å². The molecule has 0 radical (unpaired) electrons. The number of fused-ring (bicyclic) bond motifs is 1. The topological polar surface area (TPSA) is 133 Å². The van der Waals surface area contributed by atoms with Gasteiger partial charge in [-0.2, -0.15) is 21.9 Å². The van der Waals surface area contributed by atoms with E-state index in [1.54, 1.807) is 24.3 Å². The molecule has 0 amide bonds. The predicted octanol–water partition coefficient (Wildman–Crippen LogP) is 3.75. The van der Waals surface area contributed by atoms with Crippen LogP contribution < -0.4 is 0 Å². The van der Waals surface area contributed by atoms with Crippen molar-refractivity contribution in [2.24, 2.45) is 10.2 Å². The summed E-state index contributed by atoms with van der Waals surface area (Å²) < 4.78 is 62.8. The van der Waals surface area contributed by atoms with Crippen LogP contribution in [0.15, 0.2) is 80.7 Å². The van der Waals surface area contributed by atoms with Gasteiger partial charge in [-0.3, -0.25) is 9.11 Å². The lowest BCUT2D eigenvalue weighted by molar-refractivity contribution is 0.481. The molecule has 0 spiro atoms. The van der Waals surface area contributed by atoms with Crippen LogP contribution in [0.5, 0.6) is 0 Å². The quantitative estimate of drug-likeness (QED) is 0.513. The van der Waals surface area contributed by atoms with Crippen LogP contribution >= 0.6 is 0 Å². The smallest absolute Gasteiger partial charge is 0.282 e. The minimum atomic E-state index is -4.35. The third kappa shape index (κ3) is 3.94. The number of rotatable bonds is 4. The van der Waals surface area contributed by atoms with Crippen molar-refractivity contribution in [2.45, 2.75) is 9.79 Å². The molecule has 0 aliphatic carbocycles. The standard InChI is InChI=1S/C16H12N2O6S2/c19-25(20,21)13-8-5-12(6-9-13)17-18-16-3-1-2-11-4-7-14(10-15(11)16)26(22,23)24/h1-10H,(H,19,20,21)(H,22,23,24). The lowest BCUT2D eigenvalue weighted by Crippen LogP contribution is -1.97. The van der Waals surface area contributed by atoms with E-state index >= 15 is 0 Å². The van der Waals surface area contributed by atoms with Crippen LogP contribution in [0.1, 0.15) is 0 Å². The molecule has 0 aliphatic heterocycles. The summed E-state index contributed by atoms with van der Waals surface area (Å²) in [7, 11) is -8.64. The van der Waals surface area contributed by atoms with Crippen LogP contribution in [0, 0.1) is 0 Å². The van der Waals surface area contributed by atoms with Crippen LogP contribution in [-0.2, 0) is 20.2 Å². The normalized spacial score (nSPS) is 12.7. The molecular weight excluding hydrogens is 380 g/mol. The fourth-order valence-corrected chi connectivity index (χ4v) is 3.27. The summed E-state index contributed by atoms with van der Waals surface area (Å²) >= 11 is 0. The second-order valence-corrected chi connectivity index (χ2v) is 8.15. The van der Waals surface area contributed by atoms with Gasteiger partial charge in [0.1, 0.15) is 0 Å². The Morgan fingerprint density at radius 2 is 1.31 bits per heavy atom. The van der Waals surface area contributed by atoms with Gasteiger partial charge in [0.25, 0.3) is 20.2 Å². The Hall–Kier alpha value is -2.66. The molecular formula is C16H12N2O6S2. The maximum absolute atomic E-state index is 11.3. The van der Waals surface area contributed by atoms with E-state index in [4.69, 9.17) is 4.55 Å². The summed E-state index contributed by atoms with van der Waals surface area (Å²) in [5.74, 6) is 0. The third-order valence-electron chi connectivity index (χ3n) is 3.54. The first kappa shape index (κ1) is 18.1. The lowest BCUT2D eigenvalue weighted by atomic mass is 10.1. The van der Waals surface area contributed by atoms with E-state index in [2.05, 4.69) is 10.2 Å². The number of benzene rings is 3. The minimum absolute atomic E-state index is 0.259. The molecule has 134 valence electrons. The fourth-order valence-electron chi connectivity index (χ4n) is 2.28. The molecule has 3 aromatic carbocycles. The summed E-state index contributed by atoms with van der Waals surface area (Å²) in [5, 5.41) is 9.21. The lowest BCUT2D eigenvalue weighted by Gasteiger charge is -2.04. The summed E-state index contributed by atoms with van der Waals surface area (Å²) in [6.07, 6.45) is 0. The Morgan fingerprint density at radius 1 is 0.692 bits per heavy atom. The van der Waals surface area contributed by atoms with E-state index in [-0.39, 0.29) is 9.79 Å². The monoisotopic (exact) mass is 392 g/mol.